The van der Waals surface area contributed by atoms with Gasteiger partial charge in [0.25, 0.3) is 0 Å². The van der Waals surface area contributed by atoms with Gasteiger partial charge in [-0.3, -0.25) is 0 Å². The number of carbonyl (C=O) groups is 1. The maximum atomic E-state index is 12.2. The summed E-state index contributed by atoms with van der Waals surface area (Å²) in [7, 11) is 0. The van der Waals surface area contributed by atoms with Gasteiger partial charge in [0.15, 0.2) is 5.82 Å². The first-order chi connectivity index (χ1) is 14.2. The predicted molar refractivity (Wildman–Crippen MR) is 113 cm³/mol. The second-order valence-corrected chi connectivity index (χ2v) is 6.36. The molecule has 0 bridgehead atoms. The average Bonchev–Trinajstić information content (AvgIpc) is 3.25. The molecule has 4 rings (SSSR count). The SMILES string of the molecule is Cc1cccc(NC(=O)Nc2ccc(Nc3cc(-n4cccn4)ncn3)cc2)c1. The third kappa shape index (κ3) is 4.75. The van der Waals surface area contributed by atoms with Crippen molar-refractivity contribution >= 4 is 28.9 Å². The minimum Gasteiger partial charge on any atom is -0.340 e. The van der Waals surface area contributed by atoms with Crippen molar-refractivity contribution in [2.75, 3.05) is 16.0 Å². The molecule has 0 atom stereocenters. The Morgan fingerprint density at radius 1 is 0.897 bits per heavy atom. The number of anilines is 4. The Balaban J connectivity index is 1.38. The zero-order chi connectivity index (χ0) is 20.1. The largest absolute Gasteiger partial charge is 0.340 e. The number of urea groups is 1. The molecule has 0 spiro atoms. The van der Waals surface area contributed by atoms with Gasteiger partial charge < -0.3 is 16.0 Å². The summed E-state index contributed by atoms with van der Waals surface area (Å²) in [5.74, 6) is 1.31. The summed E-state index contributed by atoms with van der Waals surface area (Å²) in [5.41, 5.74) is 3.34. The molecule has 29 heavy (non-hydrogen) atoms. The smallest absolute Gasteiger partial charge is 0.323 e. The number of aromatic nitrogens is 4. The lowest BCUT2D eigenvalue weighted by Gasteiger charge is -2.10. The van der Waals surface area contributed by atoms with Gasteiger partial charge in [0, 0.05) is 35.5 Å². The molecule has 2 amide bonds. The molecule has 0 aliphatic rings. The van der Waals surface area contributed by atoms with Crippen LogP contribution in [0.5, 0.6) is 0 Å². The van der Waals surface area contributed by atoms with Crippen LogP contribution in [0.4, 0.5) is 27.7 Å². The third-order valence-corrected chi connectivity index (χ3v) is 4.08. The number of hydrogen-bond donors (Lipinski definition) is 3. The van der Waals surface area contributed by atoms with Crippen LogP contribution >= 0.6 is 0 Å². The van der Waals surface area contributed by atoms with E-state index in [0.29, 0.717) is 17.3 Å². The highest BCUT2D eigenvalue weighted by Gasteiger charge is 2.05. The summed E-state index contributed by atoms with van der Waals surface area (Å²) in [4.78, 5) is 20.6. The van der Waals surface area contributed by atoms with Crippen LogP contribution in [0.2, 0.25) is 0 Å². The Morgan fingerprint density at radius 2 is 1.69 bits per heavy atom. The predicted octanol–water partition coefficient (Wildman–Crippen LogP) is 4.36. The van der Waals surface area contributed by atoms with Crippen molar-refractivity contribution in [3.8, 4) is 5.82 Å². The molecule has 144 valence electrons. The molecule has 0 radical (unpaired) electrons. The maximum absolute atomic E-state index is 12.2. The van der Waals surface area contributed by atoms with Crippen LogP contribution in [0.25, 0.3) is 5.82 Å². The number of benzene rings is 2. The molecule has 0 aliphatic carbocycles. The highest BCUT2D eigenvalue weighted by Crippen LogP contribution is 2.19. The first-order valence-electron chi connectivity index (χ1n) is 8.99. The molecule has 2 aromatic carbocycles. The molecule has 0 saturated heterocycles. The normalized spacial score (nSPS) is 10.4. The molecule has 2 heterocycles. The summed E-state index contributed by atoms with van der Waals surface area (Å²) < 4.78 is 1.66. The molecule has 3 N–H and O–H groups in total. The van der Waals surface area contributed by atoms with E-state index in [0.717, 1.165) is 16.9 Å². The number of aryl methyl sites for hydroxylation is 1. The number of hydrogen-bond acceptors (Lipinski definition) is 5. The summed E-state index contributed by atoms with van der Waals surface area (Å²) in [6, 6.07) is 18.3. The molecular weight excluding hydrogens is 366 g/mol. The number of carbonyl (C=O) groups excluding carboxylic acids is 1. The summed E-state index contributed by atoms with van der Waals surface area (Å²) in [6.07, 6.45) is 4.98. The van der Waals surface area contributed by atoms with Crippen molar-refractivity contribution in [2.24, 2.45) is 0 Å². The summed E-state index contributed by atoms with van der Waals surface area (Å²) in [5, 5.41) is 13.0. The van der Waals surface area contributed by atoms with E-state index in [1.54, 1.807) is 16.9 Å². The molecule has 8 nitrogen and oxygen atoms in total. The summed E-state index contributed by atoms with van der Waals surface area (Å²) in [6.45, 7) is 1.98. The van der Waals surface area contributed by atoms with E-state index in [-0.39, 0.29) is 6.03 Å². The Morgan fingerprint density at radius 3 is 2.45 bits per heavy atom. The Labute approximate surface area is 167 Å². The fourth-order valence-electron chi connectivity index (χ4n) is 2.75. The van der Waals surface area contributed by atoms with Gasteiger partial charge in [-0.05, 0) is 55.0 Å². The minimum absolute atomic E-state index is 0.295. The highest BCUT2D eigenvalue weighted by molar-refractivity contribution is 5.99. The van der Waals surface area contributed by atoms with E-state index in [1.807, 2.05) is 67.7 Å². The van der Waals surface area contributed by atoms with Crippen molar-refractivity contribution in [3.63, 3.8) is 0 Å². The van der Waals surface area contributed by atoms with Crippen molar-refractivity contribution in [3.05, 3.63) is 84.9 Å². The van der Waals surface area contributed by atoms with Gasteiger partial charge >= 0.3 is 6.03 Å². The monoisotopic (exact) mass is 385 g/mol. The molecule has 0 saturated carbocycles. The van der Waals surface area contributed by atoms with E-state index in [1.165, 1.54) is 6.33 Å². The Bertz CT molecular complexity index is 1110. The van der Waals surface area contributed by atoms with Crippen molar-refractivity contribution < 1.29 is 4.79 Å². The van der Waals surface area contributed by atoms with Crippen LogP contribution in [0, 0.1) is 6.92 Å². The second-order valence-electron chi connectivity index (χ2n) is 6.36. The molecule has 4 aromatic rings. The minimum atomic E-state index is -0.295. The fraction of sp³-hybridized carbons (Fsp3) is 0.0476. The van der Waals surface area contributed by atoms with Gasteiger partial charge in [-0.15, -0.1) is 0 Å². The van der Waals surface area contributed by atoms with Gasteiger partial charge in [-0.2, -0.15) is 5.10 Å². The van der Waals surface area contributed by atoms with Crippen molar-refractivity contribution in [1.82, 2.24) is 19.7 Å². The maximum Gasteiger partial charge on any atom is 0.323 e. The van der Waals surface area contributed by atoms with E-state index < -0.39 is 0 Å². The van der Waals surface area contributed by atoms with Crippen molar-refractivity contribution in [2.45, 2.75) is 6.92 Å². The van der Waals surface area contributed by atoms with E-state index >= 15 is 0 Å². The zero-order valence-electron chi connectivity index (χ0n) is 15.7. The van der Waals surface area contributed by atoms with E-state index in [4.69, 9.17) is 0 Å². The quantitative estimate of drug-likeness (QED) is 0.474. The highest BCUT2D eigenvalue weighted by atomic mass is 16.2. The standard InChI is InChI=1S/C21H19N7O/c1-15-4-2-5-18(12-15)27-21(29)26-17-8-6-16(7-9-17)25-19-13-20(23-14-22-19)28-11-3-10-24-28/h2-14H,1H3,(H,22,23,25)(H2,26,27,29). The molecule has 0 unspecified atom stereocenters. The first-order valence-corrected chi connectivity index (χ1v) is 8.99. The van der Waals surface area contributed by atoms with Crippen LogP contribution < -0.4 is 16.0 Å². The fourth-order valence-corrected chi connectivity index (χ4v) is 2.75. The topological polar surface area (TPSA) is 96.8 Å². The van der Waals surface area contributed by atoms with Crippen LogP contribution in [0.3, 0.4) is 0 Å². The van der Waals surface area contributed by atoms with E-state index in [9.17, 15) is 4.79 Å². The zero-order valence-corrected chi connectivity index (χ0v) is 15.7. The lowest BCUT2D eigenvalue weighted by atomic mass is 10.2. The number of rotatable bonds is 5. The second kappa shape index (κ2) is 8.22. The first kappa shape index (κ1) is 18.2. The number of nitrogens with zero attached hydrogens (tertiary/aromatic N) is 4. The van der Waals surface area contributed by atoms with Gasteiger partial charge in [-0.25, -0.2) is 19.4 Å². The van der Waals surface area contributed by atoms with Gasteiger partial charge in [0.1, 0.15) is 12.1 Å². The van der Waals surface area contributed by atoms with Crippen LogP contribution in [0.15, 0.2) is 79.4 Å². The van der Waals surface area contributed by atoms with Crippen molar-refractivity contribution in [1.29, 1.82) is 0 Å². The lowest BCUT2D eigenvalue weighted by molar-refractivity contribution is 0.262. The average molecular weight is 385 g/mol. The molecule has 2 aromatic heterocycles. The van der Waals surface area contributed by atoms with Gasteiger partial charge in [0.2, 0.25) is 0 Å². The lowest BCUT2D eigenvalue weighted by Crippen LogP contribution is -2.19. The number of amides is 2. The van der Waals surface area contributed by atoms with Crippen LogP contribution in [0.1, 0.15) is 5.56 Å². The molecular formula is C21H19N7O. The Kier molecular flexibility index (Phi) is 5.15. The van der Waals surface area contributed by atoms with Gasteiger partial charge in [0.05, 0.1) is 0 Å². The third-order valence-electron chi connectivity index (χ3n) is 4.08. The molecule has 0 fully saturated rings. The van der Waals surface area contributed by atoms with Gasteiger partial charge in [-0.1, -0.05) is 12.1 Å². The number of nitrogens with one attached hydrogen (secondary N) is 3. The molecule has 0 aliphatic heterocycles. The van der Waals surface area contributed by atoms with Crippen LogP contribution in [-0.2, 0) is 0 Å². The van der Waals surface area contributed by atoms with Crippen LogP contribution in [-0.4, -0.2) is 25.8 Å². The van der Waals surface area contributed by atoms with E-state index in [2.05, 4.69) is 31.0 Å². The molecule has 8 heteroatoms. The summed E-state index contributed by atoms with van der Waals surface area (Å²) >= 11 is 0. The Hall–Kier alpha value is -4.20.